The number of hydrogen-bond donors (Lipinski definition) is 2. The minimum atomic E-state index is -0.551. The van der Waals surface area contributed by atoms with Crippen molar-refractivity contribution in [1.29, 1.82) is 0 Å². The zero-order chi connectivity index (χ0) is 19.1. The van der Waals surface area contributed by atoms with Gasteiger partial charge in [0, 0.05) is 11.6 Å². The Morgan fingerprint density at radius 1 is 1.22 bits per heavy atom. The summed E-state index contributed by atoms with van der Waals surface area (Å²) in [6.45, 7) is 0. The van der Waals surface area contributed by atoms with E-state index in [-0.39, 0.29) is 17.5 Å². The Balaban J connectivity index is 2.01. The van der Waals surface area contributed by atoms with Crippen LogP contribution in [0, 0.1) is 10.1 Å². The van der Waals surface area contributed by atoms with Crippen LogP contribution in [-0.2, 0) is 0 Å². The first-order valence-corrected chi connectivity index (χ1v) is 8.75. The van der Waals surface area contributed by atoms with Crippen LogP contribution < -0.4 is 5.73 Å². The third-order valence-corrected chi connectivity index (χ3v) is 5.08. The van der Waals surface area contributed by atoms with E-state index in [1.165, 1.54) is 12.1 Å². The molecule has 1 aromatic heterocycles. The molecule has 4 rings (SSSR count). The molecule has 0 radical (unpaired) electrons. The monoisotopic (exact) mass is 366 g/mol. The zero-order valence-electron chi connectivity index (χ0n) is 14.5. The number of carbonyl (C=O) groups is 1. The van der Waals surface area contributed by atoms with Crippen molar-refractivity contribution in [2.24, 2.45) is 5.73 Å². The zero-order valence-corrected chi connectivity index (χ0v) is 14.5. The predicted molar refractivity (Wildman–Crippen MR) is 99.5 cm³/mol. The average Bonchev–Trinajstić information content (AvgIpc) is 3.27. The number of nitro groups is 1. The van der Waals surface area contributed by atoms with Crippen LogP contribution >= 0.6 is 0 Å². The van der Waals surface area contributed by atoms with Crippen LogP contribution in [0.25, 0.3) is 22.4 Å². The second-order valence-corrected chi connectivity index (χ2v) is 6.77. The highest BCUT2D eigenvalue weighted by molar-refractivity contribution is 5.97. The number of carbonyl (C=O) groups excluding carboxylic acids is 1. The molecule has 1 fully saturated rings. The topological polar surface area (TPSA) is 124 Å². The molecule has 3 N–H and O–H groups in total. The van der Waals surface area contributed by atoms with E-state index >= 15 is 0 Å². The maximum atomic E-state index is 11.5. The Bertz CT molecular complexity index is 1070. The van der Waals surface area contributed by atoms with E-state index in [4.69, 9.17) is 5.73 Å². The second kappa shape index (κ2) is 6.39. The van der Waals surface area contributed by atoms with Gasteiger partial charge in [-0.25, -0.2) is 4.98 Å². The summed E-state index contributed by atoms with van der Waals surface area (Å²) in [5.74, 6) is -0.264. The minimum absolute atomic E-state index is 0.176. The molecule has 1 saturated carbocycles. The Hall–Kier alpha value is -3.42. The first kappa shape index (κ1) is 17.0. The number of nitro benzene ring substituents is 1. The summed E-state index contributed by atoms with van der Waals surface area (Å²) in [5.41, 5.74) is 7.21. The quantitative estimate of drug-likeness (QED) is 0.540. The van der Waals surface area contributed by atoms with Crippen molar-refractivity contribution >= 4 is 22.6 Å². The lowest BCUT2D eigenvalue weighted by molar-refractivity contribution is -0.384. The smallest absolute Gasteiger partial charge is 0.284 e. The molecule has 3 aromatic rings. The molecule has 1 aliphatic rings. The lowest BCUT2D eigenvalue weighted by Gasteiger charge is -2.16. The number of amides is 1. The highest BCUT2D eigenvalue weighted by atomic mass is 16.6. The van der Waals surface area contributed by atoms with Gasteiger partial charge in [-0.1, -0.05) is 12.8 Å². The number of aromatic nitrogens is 2. The van der Waals surface area contributed by atoms with Crippen molar-refractivity contribution in [1.82, 2.24) is 9.55 Å². The molecule has 1 aliphatic carbocycles. The number of phenols is 1. The van der Waals surface area contributed by atoms with Crippen LogP contribution in [0.3, 0.4) is 0 Å². The normalized spacial score (nSPS) is 14.7. The molecule has 8 nitrogen and oxygen atoms in total. The lowest BCUT2D eigenvalue weighted by Crippen LogP contribution is -2.10. The van der Waals surface area contributed by atoms with E-state index < -0.39 is 10.8 Å². The fraction of sp³-hybridized carbons (Fsp3) is 0.263. The minimum Gasteiger partial charge on any atom is -0.508 e. The maximum absolute atomic E-state index is 11.5. The van der Waals surface area contributed by atoms with Crippen LogP contribution in [0.5, 0.6) is 5.75 Å². The van der Waals surface area contributed by atoms with Crippen molar-refractivity contribution in [3.63, 3.8) is 0 Å². The molecule has 0 atom stereocenters. The number of phenolic OH excluding ortho intramolecular Hbond substituents is 1. The summed E-state index contributed by atoms with van der Waals surface area (Å²) in [5, 5.41) is 21.2. The van der Waals surface area contributed by atoms with Gasteiger partial charge in [-0.2, -0.15) is 0 Å². The molecule has 2 aromatic carbocycles. The number of rotatable bonds is 4. The van der Waals surface area contributed by atoms with Crippen LogP contribution in [-0.4, -0.2) is 25.5 Å². The van der Waals surface area contributed by atoms with E-state index in [0.29, 0.717) is 22.5 Å². The van der Waals surface area contributed by atoms with Gasteiger partial charge in [0.15, 0.2) is 0 Å². The molecular formula is C19H18N4O4. The number of aromatic hydroxyl groups is 1. The average molecular weight is 366 g/mol. The number of benzene rings is 2. The van der Waals surface area contributed by atoms with Gasteiger partial charge in [0.25, 0.3) is 5.69 Å². The standard InChI is InChI=1S/C19H18N4O4/c20-18(25)11-5-8-16-15(9-11)21-19(22(16)12-3-1-2-4-12)14-7-6-13(24)10-17(14)23(26)27/h5-10,12,24H,1-4H2,(H2,20,25). The molecule has 0 bridgehead atoms. The van der Waals surface area contributed by atoms with Crippen molar-refractivity contribution in [2.75, 3.05) is 0 Å². The molecule has 0 unspecified atom stereocenters. The van der Waals surface area contributed by atoms with Gasteiger partial charge < -0.3 is 15.4 Å². The number of imidazole rings is 1. The summed E-state index contributed by atoms with van der Waals surface area (Å²) in [7, 11) is 0. The van der Waals surface area contributed by atoms with Gasteiger partial charge in [0.2, 0.25) is 5.91 Å². The van der Waals surface area contributed by atoms with Gasteiger partial charge in [-0.3, -0.25) is 14.9 Å². The van der Waals surface area contributed by atoms with Crippen molar-refractivity contribution in [3.8, 4) is 17.1 Å². The summed E-state index contributed by atoms with van der Waals surface area (Å²) in [6.07, 6.45) is 4.09. The predicted octanol–water partition coefficient (Wildman–Crippen LogP) is 3.53. The molecule has 0 spiro atoms. The Morgan fingerprint density at radius 3 is 2.63 bits per heavy atom. The first-order chi connectivity index (χ1) is 13.0. The summed E-state index contributed by atoms with van der Waals surface area (Å²) >= 11 is 0. The molecule has 1 heterocycles. The fourth-order valence-electron chi connectivity index (χ4n) is 3.83. The first-order valence-electron chi connectivity index (χ1n) is 8.75. The van der Waals surface area contributed by atoms with Crippen LogP contribution in [0.15, 0.2) is 36.4 Å². The molecule has 0 saturated heterocycles. The van der Waals surface area contributed by atoms with Crippen LogP contribution in [0.2, 0.25) is 0 Å². The molecule has 8 heteroatoms. The Labute approximate surface area is 154 Å². The van der Waals surface area contributed by atoms with Crippen molar-refractivity contribution < 1.29 is 14.8 Å². The third kappa shape index (κ3) is 2.88. The number of fused-ring (bicyclic) bond motifs is 1. The fourth-order valence-corrected chi connectivity index (χ4v) is 3.83. The number of hydrogen-bond acceptors (Lipinski definition) is 5. The summed E-state index contributed by atoms with van der Waals surface area (Å²) in [4.78, 5) is 27.1. The Kier molecular flexibility index (Phi) is 4.02. The van der Waals surface area contributed by atoms with E-state index in [1.54, 1.807) is 18.2 Å². The van der Waals surface area contributed by atoms with Crippen LogP contribution in [0.4, 0.5) is 5.69 Å². The highest BCUT2D eigenvalue weighted by Crippen LogP contribution is 2.40. The maximum Gasteiger partial charge on any atom is 0.284 e. The SMILES string of the molecule is NC(=O)c1ccc2c(c1)nc(-c1ccc(O)cc1[N+](=O)[O-])n2C1CCCC1. The van der Waals surface area contributed by atoms with Crippen molar-refractivity contribution in [3.05, 3.63) is 52.1 Å². The molecule has 0 aliphatic heterocycles. The van der Waals surface area contributed by atoms with Crippen molar-refractivity contribution in [2.45, 2.75) is 31.7 Å². The largest absolute Gasteiger partial charge is 0.508 e. The lowest BCUT2D eigenvalue weighted by atomic mass is 10.1. The summed E-state index contributed by atoms with van der Waals surface area (Å²) in [6, 6.07) is 9.27. The molecule has 27 heavy (non-hydrogen) atoms. The van der Waals surface area contributed by atoms with E-state index in [9.17, 15) is 20.0 Å². The van der Waals surface area contributed by atoms with Crippen LogP contribution in [0.1, 0.15) is 42.1 Å². The van der Waals surface area contributed by atoms with Gasteiger partial charge >= 0.3 is 0 Å². The third-order valence-electron chi connectivity index (χ3n) is 5.08. The Morgan fingerprint density at radius 2 is 1.96 bits per heavy atom. The highest BCUT2D eigenvalue weighted by Gasteiger charge is 2.27. The van der Waals surface area contributed by atoms with Gasteiger partial charge in [0.1, 0.15) is 11.6 Å². The van der Waals surface area contributed by atoms with Gasteiger partial charge in [-0.15, -0.1) is 0 Å². The van der Waals surface area contributed by atoms with E-state index in [2.05, 4.69) is 4.98 Å². The van der Waals surface area contributed by atoms with E-state index in [0.717, 1.165) is 37.3 Å². The second-order valence-electron chi connectivity index (χ2n) is 6.77. The van der Waals surface area contributed by atoms with Gasteiger partial charge in [-0.05, 0) is 43.2 Å². The molecule has 1 amide bonds. The number of nitrogens with two attached hydrogens (primary N) is 1. The number of primary amides is 1. The van der Waals surface area contributed by atoms with E-state index in [1.807, 2.05) is 4.57 Å². The number of nitrogens with zero attached hydrogens (tertiary/aromatic N) is 3. The van der Waals surface area contributed by atoms with Gasteiger partial charge in [0.05, 0.1) is 27.6 Å². The molecule has 138 valence electrons. The molecular weight excluding hydrogens is 348 g/mol. The summed E-state index contributed by atoms with van der Waals surface area (Å²) < 4.78 is 2.02.